The summed E-state index contributed by atoms with van der Waals surface area (Å²) in [6.45, 7) is 3.71. The number of pyridine rings is 2. The molecule has 0 saturated carbocycles. The molecule has 8 nitrogen and oxygen atoms in total. The second-order valence-corrected chi connectivity index (χ2v) is 7.40. The molecular weight excluding hydrogens is 378 g/mol. The summed E-state index contributed by atoms with van der Waals surface area (Å²) in [5.74, 6) is 0.514. The number of imidazole rings is 1. The van der Waals surface area contributed by atoms with E-state index in [4.69, 9.17) is 0 Å². The number of aromatic amines is 2. The predicted octanol–water partition coefficient (Wildman–Crippen LogP) is 4.16. The normalized spacial score (nSPS) is 11.4. The number of H-pyrrole nitrogens is 2. The summed E-state index contributed by atoms with van der Waals surface area (Å²) in [5, 5.41) is 11.3. The minimum absolute atomic E-state index is 0.0417. The van der Waals surface area contributed by atoms with E-state index in [1.165, 1.54) is 0 Å². The van der Waals surface area contributed by atoms with Gasteiger partial charge in [0.15, 0.2) is 11.5 Å². The second-order valence-electron chi connectivity index (χ2n) is 7.40. The Kier molecular flexibility index (Phi) is 4.24. The van der Waals surface area contributed by atoms with Gasteiger partial charge < -0.3 is 10.3 Å². The van der Waals surface area contributed by atoms with Gasteiger partial charge in [0.1, 0.15) is 5.69 Å². The van der Waals surface area contributed by atoms with Gasteiger partial charge in [0.05, 0.1) is 22.9 Å². The van der Waals surface area contributed by atoms with Crippen LogP contribution < -0.4 is 5.32 Å². The summed E-state index contributed by atoms with van der Waals surface area (Å²) in [4.78, 5) is 28.4. The summed E-state index contributed by atoms with van der Waals surface area (Å²) >= 11 is 0. The number of carbonyl (C=O) groups excluding carboxylic acids is 1. The first-order valence-electron chi connectivity index (χ1n) is 9.64. The molecule has 0 bridgehead atoms. The van der Waals surface area contributed by atoms with Gasteiger partial charge in [0.2, 0.25) is 5.91 Å². The predicted molar refractivity (Wildman–Crippen MR) is 116 cm³/mol. The highest BCUT2D eigenvalue weighted by atomic mass is 16.1. The van der Waals surface area contributed by atoms with Crippen molar-refractivity contribution in [2.45, 2.75) is 13.8 Å². The SMILES string of the molecule is CC(C)C(=O)Nc1cncc(-c2ccc3[nH]nc(-c4nc5ncccc5[nH]4)c3c2)c1. The molecule has 0 saturated heterocycles. The van der Waals surface area contributed by atoms with Crippen LogP contribution in [0.4, 0.5) is 5.69 Å². The Hall–Kier alpha value is -4.07. The van der Waals surface area contributed by atoms with E-state index in [0.717, 1.165) is 33.2 Å². The van der Waals surface area contributed by atoms with Gasteiger partial charge in [-0.1, -0.05) is 19.9 Å². The average molecular weight is 397 g/mol. The van der Waals surface area contributed by atoms with Crippen LogP contribution in [0.25, 0.3) is 44.7 Å². The quantitative estimate of drug-likeness (QED) is 0.422. The third-order valence-electron chi connectivity index (χ3n) is 4.91. The zero-order chi connectivity index (χ0) is 20.7. The molecule has 0 spiro atoms. The van der Waals surface area contributed by atoms with Crippen LogP contribution in [0.5, 0.6) is 0 Å². The van der Waals surface area contributed by atoms with E-state index >= 15 is 0 Å². The minimum atomic E-state index is -0.100. The van der Waals surface area contributed by atoms with Crippen molar-refractivity contribution in [3.05, 3.63) is 55.0 Å². The van der Waals surface area contributed by atoms with Crippen molar-refractivity contribution in [3.8, 4) is 22.6 Å². The number of aromatic nitrogens is 6. The lowest BCUT2D eigenvalue weighted by Gasteiger charge is -2.09. The standard InChI is InChI=1S/C22H19N7O/c1-12(2)22(30)25-15-8-14(10-23-11-15)13-5-6-17-16(9-13)19(29-28-17)21-26-18-4-3-7-24-20(18)27-21/h3-12H,1-2H3,(H,25,30)(H,28,29)(H,24,26,27). The average Bonchev–Trinajstić information content (AvgIpc) is 3.37. The molecule has 5 rings (SSSR count). The molecule has 0 atom stereocenters. The molecule has 1 amide bonds. The Morgan fingerprint density at radius 3 is 2.80 bits per heavy atom. The number of benzene rings is 1. The molecule has 0 aliphatic heterocycles. The van der Waals surface area contributed by atoms with Gasteiger partial charge in [-0.25, -0.2) is 9.97 Å². The smallest absolute Gasteiger partial charge is 0.226 e. The first kappa shape index (κ1) is 18.0. The van der Waals surface area contributed by atoms with Crippen LogP contribution >= 0.6 is 0 Å². The van der Waals surface area contributed by atoms with Gasteiger partial charge in [-0.2, -0.15) is 5.10 Å². The Balaban J connectivity index is 1.55. The van der Waals surface area contributed by atoms with E-state index in [-0.39, 0.29) is 11.8 Å². The first-order valence-corrected chi connectivity index (χ1v) is 9.64. The first-order chi connectivity index (χ1) is 14.6. The van der Waals surface area contributed by atoms with Gasteiger partial charge >= 0.3 is 0 Å². The topological polar surface area (TPSA) is 112 Å². The van der Waals surface area contributed by atoms with E-state index < -0.39 is 0 Å². The number of hydrogen-bond donors (Lipinski definition) is 3. The number of fused-ring (bicyclic) bond motifs is 2. The maximum absolute atomic E-state index is 12.0. The fourth-order valence-electron chi connectivity index (χ4n) is 3.28. The van der Waals surface area contributed by atoms with Gasteiger partial charge in [-0.3, -0.25) is 14.9 Å². The lowest BCUT2D eigenvalue weighted by Crippen LogP contribution is -2.17. The number of hydrogen-bond acceptors (Lipinski definition) is 5. The molecular formula is C22H19N7O. The molecule has 4 aromatic heterocycles. The molecule has 30 heavy (non-hydrogen) atoms. The van der Waals surface area contributed by atoms with Crippen LogP contribution in [-0.2, 0) is 4.79 Å². The molecule has 0 aliphatic rings. The molecule has 0 aliphatic carbocycles. The molecule has 5 aromatic rings. The number of nitrogens with one attached hydrogen (secondary N) is 3. The Morgan fingerprint density at radius 2 is 1.97 bits per heavy atom. The van der Waals surface area contributed by atoms with Crippen LogP contribution in [0.3, 0.4) is 0 Å². The molecule has 0 fully saturated rings. The van der Waals surface area contributed by atoms with Crippen LogP contribution in [-0.4, -0.2) is 36.0 Å². The Labute approximate surface area is 171 Å². The molecule has 4 heterocycles. The van der Waals surface area contributed by atoms with E-state index in [2.05, 4.69) is 35.5 Å². The second kappa shape index (κ2) is 7.07. The molecule has 0 radical (unpaired) electrons. The van der Waals surface area contributed by atoms with Crippen molar-refractivity contribution < 1.29 is 4.79 Å². The van der Waals surface area contributed by atoms with Crippen LogP contribution in [0.15, 0.2) is 55.0 Å². The number of nitrogens with zero attached hydrogens (tertiary/aromatic N) is 4. The zero-order valence-corrected chi connectivity index (χ0v) is 16.5. The molecule has 148 valence electrons. The van der Waals surface area contributed by atoms with E-state index in [1.807, 2.05) is 50.2 Å². The van der Waals surface area contributed by atoms with Crippen LogP contribution in [0.2, 0.25) is 0 Å². The molecule has 3 N–H and O–H groups in total. The largest absolute Gasteiger partial charge is 0.335 e. The maximum atomic E-state index is 12.0. The van der Waals surface area contributed by atoms with E-state index in [0.29, 0.717) is 17.2 Å². The third-order valence-corrected chi connectivity index (χ3v) is 4.91. The molecule has 8 heteroatoms. The lowest BCUT2D eigenvalue weighted by atomic mass is 10.0. The molecule has 0 unspecified atom stereocenters. The fourth-order valence-corrected chi connectivity index (χ4v) is 3.28. The van der Waals surface area contributed by atoms with Crippen molar-refractivity contribution in [1.29, 1.82) is 0 Å². The van der Waals surface area contributed by atoms with Crippen LogP contribution in [0, 0.1) is 5.92 Å². The summed E-state index contributed by atoms with van der Waals surface area (Å²) in [5.41, 5.74) is 5.67. The van der Waals surface area contributed by atoms with E-state index in [9.17, 15) is 4.79 Å². The van der Waals surface area contributed by atoms with Gasteiger partial charge in [-0.15, -0.1) is 0 Å². The fraction of sp³-hybridized carbons (Fsp3) is 0.136. The summed E-state index contributed by atoms with van der Waals surface area (Å²) in [7, 11) is 0. The van der Waals surface area contributed by atoms with Gasteiger partial charge in [0.25, 0.3) is 0 Å². The number of rotatable bonds is 4. The minimum Gasteiger partial charge on any atom is -0.335 e. The van der Waals surface area contributed by atoms with Gasteiger partial charge in [-0.05, 0) is 35.9 Å². The van der Waals surface area contributed by atoms with Crippen molar-refractivity contribution >= 4 is 33.7 Å². The maximum Gasteiger partial charge on any atom is 0.226 e. The van der Waals surface area contributed by atoms with Gasteiger partial charge in [0, 0.05) is 29.3 Å². The van der Waals surface area contributed by atoms with Crippen molar-refractivity contribution in [2.75, 3.05) is 5.32 Å². The monoisotopic (exact) mass is 397 g/mol. The summed E-state index contributed by atoms with van der Waals surface area (Å²) in [6.07, 6.45) is 5.13. The van der Waals surface area contributed by atoms with Crippen molar-refractivity contribution in [1.82, 2.24) is 30.1 Å². The number of carbonyl (C=O) groups is 1. The zero-order valence-electron chi connectivity index (χ0n) is 16.5. The summed E-state index contributed by atoms with van der Waals surface area (Å²) < 4.78 is 0. The highest BCUT2D eigenvalue weighted by molar-refractivity contribution is 5.96. The van der Waals surface area contributed by atoms with E-state index in [1.54, 1.807) is 18.6 Å². The summed E-state index contributed by atoms with van der Waals surface area (Å²) in [6, 6.07) is 11.7. The highest BCUT2D eigenvalue weighted by Crippen LogP contribution is 2.30. The van der Waals surface area contributed by atoms with Crippen molar-refractivity contribution in [2.24, 2.45) is 5.92 Å². The number of amides is 1. The number of anilines is 1. The Morgan fingerprint density at radius 1 is 1.07 bits per heavy atom. The Bertz CT molecular complexity index is 1350. The van der Waals surface area contributed by atoms with Crippen LogP contribution in [0.1, 0.15) is 13.8 Å². The third kappa shape index (κ3) is 3.18. The lowest BCUT2D eigenvalue weighted by molar-refractivity contribution is -0.118. The highest BCUT2D eigenvalue weighted by Gasteiger charge is 2.14. The van der Waals surface area contributed by atoms with Crippen molar-refractivity contribution in [3.63, 3.8) is 0 Å². The molecule has 1 aromatic carbocycles.